The standard InChI is InChI=1S/C19H24N4O3S/c1-22-18(14-4-5-14)12-16(21-22)13-20-19(24)15-6-8-17(9-7-15)27(25,26)23-10-2-3-11-23/h6-9,12,14H,2-5,10-11,13H2,1H3,(H,20,24). The smallest absolute Gasteiger partial charge is 0.251 e. The Morgan fingerprint density at radius 3 is 2.48 bits per heavy atom. The van der Waals surface area contributed by atoms with Crippen LogP contribution >= 0.6 is 0 Å². The predicted octanol–water partition coefficient (Wildman–Crippen LogP) is 2.01. The first kappa shape index (κ1) is 18.2. The van der Waals surface area contributed by atoms with Crippen molar-refractivity contribution in [3.8, 4) is 0 Å². The van der Waals surface area contributed by atoms with Crippen LogP contribution in [0.2, 0.25) is 0 Å². The van der Waals surface area contributed by atoms with Gasteiger partial charge in [0.1, 0.15) is 0 Å². The third-order valence-corrected chi connectivity index (χ3v) is 7.12. The number of hydrogen-bond donors (Lipinski definition) is 1. The quantitative estimate of drug-likeness (QED) is 0.820. The monoisotopic (exact) mass is 388 g/mol. The summed E-state index contributed by atoms with van der Waals surface area (Å²) in [5, 5.41) is 7.30. The van der Waals surface area contributed by atoms with Crippen molar-refractivity contribution in [2.75, 3.05) is 13.1 Å². The first-order valence-electron chi connectivity index (χ1n) is 9.36. The Bertz CT molecular complexity index is 940. The Morgan fingerprint density at radius 2 is 1.85 bits per heavy atom. The van der Waals surface area contributed by atoms with E-state index in [1.165, 1.54) is 35.0 Å². The van der Waals surface area contributed by atoms with Gasteiger partial charge in [-0.15, -0.1) is 0 Å². The number of nitrogens with zero attached hydrogens (tertiary/aromatic N) is 3. The molecule has 0 radical (unpaired) electrons. The summed E-state index contributed by atoms with van der Waals surface area (Å²) in [5.74, 6) is 0.371. The van der Waals surface area contributed by atoms with Gasteiger partial charge in [-0.25, -0.2) is 8.42 Å². The maximum absolute atomic E-state index is 12.5. The maximum atomic E-state index is 12.5. The molecule has 4 rings (SSSR count). The van der Waals surface area contributed by atoms with E-state index in [0.717, 1.165) is 18.5 Å². The molecule has 1 N–H and O–H groups in total. The van der Waals surface area contributed by atoms with Crippen LogP contribution < -0.4 is 5.32 Å². The zero-order valence-electron chi connectivity index (χ0n) is 15.4. The van der Waals surface area contributed by atoms with Crippen LogP contribution in [-0.2, 0) is 23.6 Å². The van der Waals surface area contributed by atoms with Gasteiger partial charge >= 0.3 is 0 Å². The highest BCUT2D eigenvalue weighted by molar-refractivity contribution is 7.89. The lowest BCUT2D eigenvalue weighted by Crippen LogP contribution is -2.28. The SMILES string of the molecule is Cn1nc(CNC(=O)c2ccc(S(=O)(=O)N3CCCC3)cc2)cc1C1CC1. The molecule has 1 amide bonds. The van der Waals surface area contributed by atoms with Crippen molar-refractivity contribution in [2.45, 2.75) is 43.0 Å². The summed E-state index contributed by atoms with van der Waals surface area (Å²) < 4.78 is 28.5. The number of carbonyl (C=O) groups excluding carboxylic acids is 1. The number of sulfonamides is 1. The highest BCUT2D eigenvalue weighted by Gasteiger charge is 2.28. The van der Waals surface area contributed by atoms with Gasteiger partial charge in [-0.2, -0.15) is 9.40 Å². The molecule has 0 spiro atoms. The van der Waals surface area contributed by atoms with Gasteiger partial charge in [0.05, 0.1) is 17.1 Å². The molecule has 0 unspecified atom stereocenters. The molecule has 2 aliphatic rings. The molecule has 2 heterocycles. The van der Waals surface area contributed by atoms with E-state index in [1.54, 1.807) is 12.1 Å². The normalized spacial score (nSPS) is 18.0. The summed E-state index contributed by atoms with van der Waals surface area (Å²) in [7, 11) is -1.52. The van der Waals surface area contributed by atoms with Crippen LogP contribution in [0, 0.1) is 0 Å². The molecule has 1 aromatic carbocycles. The molecule has 144 valence electrons. The molecule has 1 aliphatic heterocycles. The number of rotatable bonds is 6. The second-order valence-electron chi connectivity index (χ2n) is 7.28. The molecule has 1 saturated carbocycles. The average Bonchev–Trinajstić information content (AvgIpc) is 3.20. The van der Waals surface area contributed by atoms with Crippen LogP contribution in [0.4, 0.5) is 0 Å². The summed E-state index contributed by atoms with van der Waals surface area (Å²) in [6, 6.07) is 8.19. The maximum Gasteiger partial charge on any atom is 0.251 e. The van der Waals surface area contributed by atoms with Crippen molar-refractivity contribution in [2.24, 2.45) is 7.05 Å². The van der Waals surface area contributed by atoms with Gasteiger partial charge in [-0.05, 0) is 56.0 Å². The van der Waals surface area contributed by atoms with Gasteiger partial charge in [0.25, 0.3) is 5.91 Å². The van der Waals surface area contributed by atoms with Gasteiger partial charge in [0.2, 0.25) is 10.0 Å². The minimum Gasteiger partial charge on any atom is -0.346 e. The van der Waals surface area contributed by atoms with E-state index in [4.69, 9.17) is 0 Å². The summed E-state index contributed by atoms with van der Waals surface area (Å²) in [5.41, 5.74) is 2.49. The van der Waals surface area contributed by atoms with Crippen molar-refractivity contribution < 1.29 is 13.2 Å². The molecule has 1 aromatic heterocycles. The van der Waals surface area contributed by atoms with E-state index in [1.807, 2.05) is 17.8 Å². The van der Waals surface area contributed by atoms with Crippen LogP contribution in [0.5, 0.6) is 0 Å². The largest absolute Gasteiger partial charge is 0.346 e. The Morgan fingerprint density at radius 1 is 1.19 bits per heavy atom. The number of amides is 1. The number of nitrogens with one attached hydrogen (secondary N) is 1. The number of hydrogen-bond acceptors (Lipinski definition) is 4. The Balaban J connectivity index is 1.39. The number of aryl methyl sites for hydroxylation is 1. The fourth-order valence-corrected chi connectivity index (χ4v) is 5.04. The van der Waals surface area contributed by atoms with Crippen molar-refractivity contribution >= 4 is 15.9 Å². The lowest BCUT2D eigenvalue weighted by Gasteiger charge is -2.15. The van der Waals surface area contributed by atoms with Gasteiger partial charge < -0.3 is 5.32 Å². The van der Waals surface area contributed by atoms with E-state index in [2.05, 4.69) is 10.4 Å². The number of aromatic nitrogens is 2. The first-order chi connectivity index (χ1) is 12.9. The third kappa shape index (κ3) is 3.77. The molecule has 1 saturated heterocycles. The lowest BCUT2D eigenvalue weighted by molar-refractivity contribution is 0.0950. The number of carbonyl (C=O) groups is 1. The highest BCUT2D eigenvalue weighted by Crippen LogP contribution is 2.39. The Hall–Kier alpha value is -2.19. The fraction of sp³-hybridized carbons (Fsp3) is 0.474. The van der Waals surface area contributed by atoms with E-state index in [-0.39, 0.29) is 10.8 Å². The van der Waals surface area contributed by atoms with Crippen LogP contribution in [0.25, 0.3) is 0 Å². The molecule has 2 fully saturated rings. The van der Waals surface area contributed by atoms with Crippen LogP contribution in [-0.4, -0.2) is 41.5 Å². The van der Waals surface area contributed by atoms with Crippen molar-refractivity contribution in [1.82, 2.24) is 19.4 Å². The Labute approximate surface area is 159 Å². The zero-order valence-corrected chi connectivity index (χ0v) is 16.2. The van der Waals surface area contributed by atoms with E-state index >= 15 is 0 Å². The lowest BCUT2D eigenvalue weighted by atomic mass is 10.2. The summed E-state index contributed by atoms with van der Waals surface area (Å²) in [4.78, 5) is 12.6. The summed E-state index contributed by atoms with van der Waals surface area (Å²) in [6.07, 6.45) is 4.21. The minimum atomic E-state index is -3.45. The predicted molar refractivity (Wildman–Crippen MR) is 101 cm³/mol. The molecule has 1 aliphatic carbocycles. The third-order valence-electron chi connectivity index (χ3n) is 5.21. The molecular weight excluding hydrogens is 364 g/mol. The van der Waals surface area contributed by atoms with Gasteiger partial charge in [-0.1, -0.05) is 0 Å². The second-order valence-corrected chi connectivity index (χ2v) is 9.21. The Kier molecular flexibility index (Phi) is 4.77. The molecule has 7 nitrogen and oxygen atoms in total. The highest BCUT2D eigenvalue weighted by atomic mass is 32.2. The summed E-state index contributed by atoms with van der Waals surface area (Å²) in [6.45, 7) is 1.49. The van der Waals surface area contributed by atoms with Crippen LogP contribution in [0.3, 0.4) is 0 Å². The van der Waals surface area contributed by atoms with Crippen LogP contribution in [0.1, 0.15) is 53.3 Å². The topological polar surface area (TPSA) is 84.3 Å². The molecule has 27 heavy (non-hydrogen) atoms. The van der Waals surface area contributed by atoms with Crippen molar-refractivity contribution in [3.63, 3.8) is 0 Å². The van der Waals surface area contributed by atoms with Crippen molar-refractivity contribution in [3.05, 3.63) is 47.3 Å². The first-order valence-corrected chi connectivity index (χ1v) is 10.8. The van der Waals surface area contributed by atoms with E-state index in [0.29, 0.717) is 31.1 Å². The molecule has 0 bridgehead atoms. The average molecular weight is 388 g/mol. The molecular formula is C19H24N4O3S. The minimum absolute atomic E-state index is 0.236. The van der Waals surface area contributed by atoms with Gasteiger partial charge in [-0.3, -0.25) is 9.48 Å². The second kappa shape index (κ2) is 7.09. The van der Waals surface area contributed by atoms with Crippen molar-refractivity contribution in [1.29, 1.82) is 0 Å². The van der Waals surface area contributed by atoms with E-state index in [9.17, 15) is 13.2 Å². The summed E-state index contributed by atoms with van der Waals surface area (Å²) >= 11 is 0. The van der Waals surface area contributed by atoms with Gasteiger partial charge in [0, 0.05) is 37.3 Å². The number of benzene rings is 1. The molecule has 0 atom stereocenters. The van der Waals surface area contributed by atoms with Gasteiger partial charge in [0.15, 0.2) is 0 Å². The zero-order chi connectivity index (χ0) is 19.0. The molecule has 8 heteroatoms. The fourth-order valence-electron chi connectivity index (χ4n) is 3.52. The molecule has 2 aromatic rings. The van der Waals surface area contributed by atoms with E-state index < -0.39 is 10.0 Å². The van der Waals surface area contributed by atoms with Crippen LogP contribution in [0.15, 0.2) is 35.2 Å².